The number of benzene rings is 1. The van der Waals surface area contributed by atoms with Crippen LogP contribution in [-0.4, -0.2) is 76.1 Å². The number of fused-ring (bicyclic) bond motifs is 1. The smallest absolute Gasteiger partial charge is 0.423 e. The van der Waals surface area contributed by atoms with Crippen LogP contribution in [-0.2, 0) is 25.5 Å². The summed E-state index contributed by atoms with van der Waals surface area (Å²) in [6, 6.07) is 11.2. The van der Waals surface area contributed by atoms with E-state index in [4.69, 9.17) is 30.5 Å². The SMILES string of the molecule is CC(C)(C)OC(=O)N1C(=O)COc2ccc(N3C[C@H](CCCN(C(=O)OCCl)[C@@H]4Cn5c(=O)ccc6cccc4c65)OC3=O)nc21. The molecule has 242 valence electrons. The number of alkyl halides is 1. The molecule has 1 fully saturated rings. The maximum absolute atomic E-state index is 13.1. The molecule has 1 saturated heterocycles. The number of hydrogen-bond donors (Lipinski definition) is 0. The van der Waals surface area contributed by atoms with Crippen molar-refractivity contribution in [1.82, 2.24) is 14.5 Å². The van der Waals surface area contributed by atoms with Gasteiger partial charge in [-0.15, -0.1) is 0 Å². The number of aromatic nitrogens is 2. The number of carbonyl (C=O) groups excluding carboxylic acids is 4. The quantitative estimate of drug-likeness (QED) is 0.262. The number of para-hydroxylation sites is 1. The second-order valence-electron chi connectivity index (χ2n) is 12.0. The lowest BCUT2D eigenvalue weighted by atomic mass is 10.0. The Balaban J connectivity index is 1.15. The minimum absolute atomic E-state index is 0.0839. The van der Waals surface area contributed by atoms with Crippen LogP contribution in [0.3, 0.4) is 0 Å². The topological polar surface area (TPSA) is 150 Å². The molecule has 46 heavy (non-hydrogen) atoms. The van der Waals surface area contributed by atoms with Gasteiger partial charge < -0.3 is 23.5 Å². The predicted octanol–water partition coefficient (Wildman–Crippen LogP) is 4.55. The average molecular weight is 654 g/mol. The molecule has 0 saturated carbocycles. The molecule has 0 unspecified atom stereocenters. The summed E-state index contributed by atoms with van der Waals surface area (Å²) in [6.07, 6.45) is -1.88. The van der Waals surface area contributed by atoms with E-state index >= 15 is 0 Å². The van der Waals surface area contributed by atoms with Gasteiger partial charge in [0, 0.05) is 18.2 Å². The Morgan fingerprint density at radius 2 is 1.89 bits per heavy atom. The molecule has 4 amide bonds. The van der Waals surface area contributed by atoms with Crippen molar-refractivity contribution in [3.63, 3.8) is 0 Å². The number of nitrogens with zero attached hydrogens (tertiary/aromatic N) is 5. The first-order valence-electron chi connectivity index (χ1n) is 14.7. The van der Waals surface area contributed by atoms with Gasteiger partial charge in [0.2, 0.25) is 0 Å². The number of imide groups is 1. The van der Waals surface area contributed by atoms with Crippen LogP contribution < -0.4 is 20.1 Å². The van der Waals surface area contributed by atoms with Crippen LogP contribution in [0.25, 0.3) is 10.9 Å². The number of hydrogen-bond acceptors (Lipinski definition) is 10. The Morgan fingerprint density at radius 1 is 1.09 bits per heavy atom. The molecule has 2 aromatic heterocycles. The monoisotopic (exact) mass is 653 g/mol. The summed E-state index contributed by atoms with van der Waals surface area (Å²) < 4.78 is 23.2. The van der Waals surface area contributed by atoms with Crippen LogP contribution in [0, 0.1) is 0 Å². The third kappa shape index (κ3) is 5.91. The first-order valence-corrected chi connectivity index (χ1v) is 15.3. The maximum atomic E-state index is 13.1. The van der Waals surface area contributed by atoms with Gasteiger partial charge in [-0.1, -0.05) is 29.8 Å². The summed E-state index contributed by atoms with van der Waals surface area (Å²) >= 11 is 5.73. The van der Waals surface area contributed by atoms with E-state index < -0.39 is 41.9 Å². The van der Waals surface area contributed by atoms with Crippen molar-refractivity contribution < 1.29 is 38.1 Å². The fourth-order valence-corrected chi connectivity index (χ4v) is 5.99. The zero-order valence-electron chi connectivity index (χ0n) is 25.4. The number of cyclic esters (lactones) is 1. The predicted molar refractivity (Wildman–Crippen MR) is 165 cm³/mol. The molecule has 5 heterocycles. The number of pyridine rings is 2. The second-order valence-corrected chi connectivity index (χ2v) is 12.3. The lowest BCUT2D eigenvalue weighted by molar-refractivity contribution is -0.121. The minimum Gasteiger partial charge on any atom is -0.480 e. The Morgan fingerprint density at radius 3 is 2.65 bits per heavy atom. The lowest BCUT2D eigenvalue weighted by Gasteiger charge is -2.29. The number of anilines is 2. The van der Waals surface area contributed by atoms with Gasteiger partial charge >= 0.3 is 18.3 Å². The summed E-state index contributed by atoms with van der Waals surface area (Å²) in [6.45, 7) is 5.32. The Labute approximate surface area is 268 Å². The molecule has 6 rings (SSSR count). The van der Waals surface area contributed by atoms with E-state index in [1.807, 2.05) is 18.2 Å². The van der Waals surface area contributed by atoms with Crippen molar-refractivity contribution >= 4 is 58.3 Å². The third-order valence-corrected chi connectivity index (χ3v) is 7.94. The maximum Gasteiger partial charge on any atom is 0.423 e. The fraction of sp³-hybridized carbons (Fsp3) is 0.419. The van der Waals surface area contributed by atoms with Crippen molar-refractivity contribution in [1.29, 1.82) is 0 Å². The molecule has 0 N–H and O–H groups in total. The van der Waals surface area contributed by atoms with Gasteiger partial charge in [0.05, 0.1) is 24.6 Å². The van der Waals surface area contributed by atoms with Gasteiger partial charge in [0.15, 0.2) is 24.2 Å². The van der Waals surface area contributed by atoms with Crippen molar-refractivity contribution in [2.24, 2.45) is 0 Å². The third-order valence-electron chi connectivity index (χ3n) is 7.83. The highest BCUT2D eigenvalue weighted by Gasteiger charge is 2.39. The van der Waals surface area contributed by atoms with E-state index in [1.165, 1.54) is 23.1 Å². The first kappa shape index (κ1) is 31.1. The van der Waals surface area contributed by atoms with Gasteiger partial charge in [-0.25, -0.2) is 19.4 Å². The van der Waals surface area contributed by atoms with Crippen molar-refractivity contribution in [2.45, 2.75) is 57.9 Å². The highest BCUT2D eigenvalue weighted by Crippen LogP contribution is 2.37. The lowest BCUT2D eigenvalue weighted by Crippen LogP contribution is -2.46. The van der Waals surface area contributed by atoms with E-state index in [0.717, 1.165) is 21.4 Å². The van der Waals surface area contributed by atoms with Crippen molar-refractivity contribution in [2.75, 3.05) is 35.6 Å². The van der Waals surface area contributed by atoms with Gasteiger partial charge in [0.25, 0.3) is 11.5 Å². The first-order chi connectivity index (χ1) is 21.9. The number of ether oxygens (including phenoxy) is 4. The van der Waals surface area contributed by atoms with Crippen LogP contribution in [0.15, 0.2) is 47.3 Å². The summed E-state index contributed by atoms with van der Waals surface area (Å²) in [7, 11) is 0. The molecule has 3 aliphatic rings. The largest absolute Gasteiger partial charge is 0.480 e. The highest BCUT2D eigenvalue weighted by molar-refractivity contribution is 6.17. The van der Waals surface area contributed by atoms with Crippen molar-refractivity contribution in [3.05, 3.63) is 58.4 Å². The number of carbonyl (C=O) groups is 4. The Kier molecular flexibility index (Phi) is 8.23. The molecule has 0 bridgehead atoms. The number of halogens is 1. The van der Waals surface area contributed by atoms with E-state index in [2.05, 4.69) is 4.98 Å². The normalized spacial score (nSPS) is 18.7. The summed E-state index contributed by atoms with van der Waals surface area (Å²) in [5.74, 6) is -0.390. The van der Waals surface area contributed by atoms with E-state index in [-0.39, 0.29) is 55.3 Å². The zero-order chi connectivity index (χ0) is 32.7. The highest BCUT2D eigenvalue weighted by atomic mass is 35.5. The van der Waals surface area contributed by atoms with Crippen LogP contribution >= 0.6 is 11.6 Å². The summed E-state index contributed by atoms with van der Waals surface area (Å²) in [5.41, 5.74) is 0.593. The van der Waals surface area contributed by atoms with Crippen molar-refractivity contribution in [3.8, 4) is 5.75 Å². The molecule has 3 aromatic rings. The van der Waals surface area contributed by atoms with Gasteiger partial charge in [0.1, 0.15) is 17.5 Å². The molecular weight excluding hydrogens is 622 g/mol. The van der Waals surface area contributed by atoms with E-state index in [0.29, 0.717) is 12.8 Å². The molecule has 3 aliphatic heterocycles. The van der Waals surface area contributed by atoms with Crippen LogP contribution in [0.1, 0.15) is 45.2 Å². The molecule has 15 heteroatoms. The van der Waals surface area contributed by atoms with Crippen LogP contribution in [0.2, 0.25) is 0 Å². The second kappa shape index (κ2) is 12.2. The van der Waals surface area contributed by atoms with Gasteiger partial charge in [-0.2, -0.15) is 4.90 Å². The molecule has 0 spiro atoms. The average Bonchev–Trinajstić information content (AvgIpc) is 3.57. The molecule has 14 nitrogen and oxygen atoms in total. The minimum atomic E-state index is -0.905. The number of rotatable bonds is 7. The molecule has 1 aromatic carbocycles. The van der Waals surface area contributed by atoms with Gasteiger partial charge in [-0.3, -0.25) is 19.4 Å². The fourth-order valence-electron chi connectivity index (χ4n) is 5.89. The standard InChI is InChI=1S/C31H32ClN5O9/c1-31(2,3)46-30(42)37-25(39)16-43-22-10-11-23(33-27(22)37)35-14-19(45-29(35)41)7-5-13-34(28(40)44-17-32)21-15-36-24(38)12-9-18-6-4-8-20(21)26(18)36/h4,6,8-12,19,21H,5,7,13-17H2,1-3H3/t19-,21+/m0/s1. The van der Waals surface area contributed by atoms with Crippen LogP contribution in [0.5, 0.6) is 5.75 Å². The van der Waals surface area contributed by atoms with Crippen LogP contribution in [0.4, 0.5) is 26.0 Å². The summed E-state index contributed by atoms with van der Waals surface area (Å²) in [4.78, 5) is 72.1. The zero-order valence-corrected chi connectivity index (χ0v) is 26.2. The summed E-state index contributed by atoms with van der Waals surface area (Å²) in [5, 5.41) is 0.893. The molecular formula is C31H32ClN5O9. The molecule has 0 aliphatic carbocycles. The van der Waals surface area contributed by atoms with Gasteiger partial charge in [-0.05, 0) is 57.2 Å². The Hall–Kier alpha value is -4.85. The van der Waals surface area contributed by atoms with E-state index in [9.17, 15) is 24.0 Å². The molecule has 0 radical (unpaired) electrons. The van der Waals surface area contributed by atoms with E-state index in [1.54, 1.807) is 36.3 Å². The molecule has 2 atom stereocenters. The number of amides is 4. The Bertz CT molecular complexity index is 1790.